The molecule has 2 saturated carbocycles. The Hall–Kier alpha value is -0.430. The number of aliphatic hydroxyl groups is 1. The van der Waals surface area contributed by atoms with Crippen molar-refractivity contribution in [3.63, 3.8) is 0 Å². The van der Waals surface area contributed by atoms with Crippen LogP contribution in [0.4, 0.5) is 0 Å². The second-order valence-corrected chi connectivity index (χ2v) is 9.59. The molecule has 0 spiro atoms. The van der Waals surface area contributed by atoms with Gasteiger partial charge in [0.25, 0.3) is 0 Å². The predicted octanol–water partition coefficient (Wildman–Crippen LogP) is 2.70. The molecule has 0 bridgehead atoms. The molecule has 2 N–H and O–H groups in total. The molecule has 0 aromatic carbocycles. The van der Waals surface area contributed by atoms with Crippen molar-refractivity contribution in [2.45, 2.75) is 62.2 Å². The molecule has 118 valence electrons. The van der Waals surface area contributed by atoms with Gasteiger partial charge in [-0.1, -0.05) is 12.8 Å². The van der Waals surface area contributed by atoms with Gasteiger partial charge in [-0.25, -0.2) is 13.1 Å². The molecule has 2 aliphatic carbocycles. The summed E-state index contributed by atoms with van der Waals surface area (Å²) in [6, 6.07) is 4.05. The number of thiophene rings is 1. The van der Waals surface area contributed by atoms with Crippen LogP contribution in [0.15, 0.2) is 12.1 Å². The molecule has 21 heavy (non-hydrogen) atoms. The van der Waals surface area contributed by atoms with Crippen LogP contribution in [0.3, 0.4) is 0 Å². The molecular formula is C15H23NO3S2. The van der Waals surface area contributed by atoms with Crippen molar-refractivity contribution >= 4 is 21.4 Å². The maximum atomic E-state index is 12.1. The number of rotatable bonds is 6. The molecule has 1 aromatic heterocycles. The van der Waals surface area contributed by atoms with Crippen molar-refractivity contribution in [3.8, 4) is 0 Å². The average Bonchev–Trinajstić information content (AvgIpc) is 3.01. The lowest BCUT2D eigenvalue weighted by Gasteiger charge is -2.28. The molecular weight excluding hydrogens is 306 g/mol. The van der Waals surface area contributed by atoms with Crippen LogP contribution in [0.1, 0.15) is 61.3 Å². The Morgan fingerprint density at radius 3 is 2.57 bits per heavy atom. The van der Waals surface area contributed by atoms with Gasteiger partial charge >= 0.3 is 0 Å². The van der Waals surface area contributed by atoms with Gasteiger partial charge in [-0.15, -0.1) is 11.3 Å². The first-order chi connectivity index (χ1) is 9.93. The Bertz CT molecular complexity index is 596. The minimum absolute atomic E-state index is 0.0697. The second-order valence-electron chi connectivity index (χ2n) is 6.43. The molecule has 0 radical (unpaired) electrons. The molecule has 6 heteroatoms. The highest BCUT2D eigenvalue weighted by Gasteiger charge is 2.41. The molecule has 3 rings (SSSR count). The van der Waals surface area contributed by atoms with Crippen molar-refractivity contribution < 1.29 is 13.5 Å². The van der Waals surface area contributed by atoms with Gasteiger partial charge in [-0.3, -0.25) is 0 Å². The number of hydrogen-bond acceptors (Lipinski definition) is 4. The van der Waals surface area contributed by atoms with Gasteiger partial charge in [0, 0.05) is 21.7 Å². The fraction of sp³-hybridized carbons (Fsp3) is 0.733. The minimum atomic E-state index is -3.12. The molecule has 2 aliphatic rings. The predicted molar refractivity (Wildman–Crippen MR) is 85.0 cm³/mol. The Kier molecular flexibility index (Phi) is 4.16. The fourth-order valence-corrected chi connectivity index (χ4v) is 5.82. The van der Waals surface area contributed by atoms with Crippen LogP contribution < -0.4 is 4.72 Å². The Morgan fingerprint density at radius 2 is 2.05 bits per heavy atom. The number of aliphatic hydroxyl groups excluding tert-OH is 1. The van der Waals surface area contributed by atoms with Gasteiger partial charge in [0.2, 0.25) is 10.0 Å². The van der Waals surface area contributed by atoms with E-state index in [1.54, 1.807) is 18.3 Å². The van der Waals surface area contributed by atoms with Crippen molar-refractivity contribution in [1.82, 2.24) is 4.72 Å². The summed E-state index contributed by atoms with van der Waals surface area (Å²) in [6.45, 7) is 2.28. The summed E-state index contributed by atoms with van der Waals surface area (Å²) < 4.78 is 27.0. The Balaban J connectivity index is 1.78. The molecule has 4 nitrogen and oxygen atoms in total. The molecule has 1 atom stereocenters. The first-order valence-electron chi connectivity index (χ1n) is 7.70. The van der Waals surface area contributed by atoms with E-state index in [-0.39, 0.29) is 10.7 Å². The summed E-state index contributed by atoms with van der Waals surface area (Å²) in [6.07, 6.45) is 5.49. The lowest BCUT2D eigenvalue weighted by molar-refractivity contribution is 0.203. The van der Waals surface area contributed by atoms with Gasteiger partial charge in [0.1, 0.15) is 0 Å². The van der Waals surface area contributed by atoms with E-state index in [0.717, 1.165) is 43.4 Å². The number of hydrogen-bond donors (Lipinski definition) is 2. The highest BCUT2D eigenvalue weighted by Crippen LogP contribution is 2.44. The molecule has 0 aliphatic heterocycles. The van der Waals surface area contributed by atoms with Crippen molar-refractivity contribution in [3.05, 3.63) is 21.9 Å². The van der Waals surface area contributed by atoms with E-state index >= 15 is 0 Å². The summed E-state index contributed by atoms with van der Waals surface area (Å²) in [5, 5.41) is 9.54. The lowest BCUT2D eigenvalue weighted by atomic mass is 9.85. The first-order valence-corrected chi connectivity index (χ1v) is 10.1. The maximum absolute atomic E-state index is 12.1. The van der Waals surface area contributed by atoms with Crippen LogP contribution in [-0.4, -0.2) is 25.3 Å². The van der Waals surface area contributed by atoms with Crippen LogP contribution in [0.5, 0.6) is 0 Å². The number of nitrogens with one attached hydrogen (secondary N) is 1. The van der Waals surface area contributed by atoms with Gasteiger partial charge in [-0.2, -0.15) is 0 Å². The molecule has 1 heterocycles. The minimum Gasteiger partial charge on any atom is -0.388 e. The summed E-state index contributed by atoms with van der Waals surface area (Å²) in [5.41, 5.74) is -0.0697. The second kappa shape index (κ2) is 5.65. The summed E-state index contributed by atoms with van der Waals surface area (Å²) >= 11 is 1.63. The van der Waals surface area contributed by atoms with Gasteiger partial charge in [0.05, 0.1) is 11.4 Å². The van der Waals surface area contributed by atoms with E-state index in [4.69, 9.17) is 0 Å². The van der Waals surface area contributed by atoms with E-state index in [1.807, 2.05) is 6.07 Å². The average molecular weight is 329 g/mol. The zero-order valence-corrected chi connectivity index (χ0v) is 14.0. The highest BCUT2D eigenvalue weighted by atomic mass is 32.2. The number of sulfonamides is 1. The van der Waals surface area contributed by atoms with Crippen molar-refractivity contribution in [2.24, 2.45) is 0 Å². The first kappa shape index (κ1) is 15.5. The summed E-state index contributed by atoms with van der Waals surface area (Å²) in [4.78, 5) is 2.18. The molecule has 2 fully saturated rings. The van der Waals surface area contributed by atoms with Gasteiger partial charge < -0.3 is 5.11 Å². The molecule has 0 amide bonds. The monoisotopic (exact) mass is 329 g/mol. The normalized spacial score (nSPS) is 23.3. The molecule has 1 aromatic rings. The quantitative estimate of drug-likeness (QED) is 0.843. The van der Waals surface area contributed by atoms with E-state index in [2.05, 4.69) is 10.8 Å². The lowest BCUT2D eigenvalue weighted by Crippen LogP contribution is -2.39. The van der Waals surface area contributed by atoms with Crippen LogP contribution in [0.2, 0.25) is 0 Å². The SMILES string of the molecule is CC(O)c1ccc(C2(CNS(=O)(=O)C3CC3)CCCC2)s1. The van der Waals surface area contributed by atoms with Crippen LogP contribution in [0.25, 0.3) is 0 Å². The van der Waals surface area contributed by atoms with E-state index in [1.165, 1.54) is 4.88 Å². The third-order valence-electron chi connectivity index (χ3n) is 4.70. The fourth-order valence-electron chi connectivity index (χ4n) is 3.16. The van der Waals surface area contributed by atoms with Crippen molar-refractivity contribution in [2.75, 3.05) is 6.54 Å². The van der Waals surface area contributed by atoms with Gasteiger partial charge in [0.15, 0.2) is 0 Å². The third-order valence-corrected chi connectivity index (χ3v) is 8.09. The van der Waals surface area contributed by atoms with E-state index in [9.17, 15) is 13.5 Å². The van der Waals surface area contributed by atoms with Crippen LogP contribution in [-0.2, 0) is 15.4 Å². The van der Waals surface area contributed by atoms with E-state index in [0.29, 0.717) is 6.54 Å². The van der Waals surface area contributed by atoms with Gasteiger partial charge in [-0.05, 0) is 44.7 Å². The topological polar surface area (TPSA) is 66.4 Å². The van der Waals surface area contributed by atoms with Crippen LogP contribution in [0, 0.1) is 0 Å². The standard InChI is InChI=1S/C15H23NO3S2/c1-11(17)13-6-7-14(20-13)15(8-2-3-9-15)10-16-21(18,19)12-4-5-12/h6-7,11-12,16-17H,2-5,8-10H2,1H3. The third kappa shape index (κ3) is 3.18. The van der Waals surface area contributed by atoms with Crippen LogP contribution >= 0.6 is 11.3 Å². The van der Waals surface area contributed by atoms with E-state index < -0.39 is 16.1 Å². The zero-order valence-electron chi connectivity index (χ0n) is 12.3. The molecule has 0 saturated heterocycles. The highest BCUT2D eigenvalue weighted by molar-refractivity contribution is 7.90. The Morgan fingerprint density at radius 1 is 1.38 bits per heavy atom. The zero-order chi connectivity index (χ0) is 15.1. The van der Waals surface area contributed by atoms with Crippen molar-refractivity contribution in [1.29, 1.82) is 0 Å². The maximum Gasteiger partial charge on any atom is 0.214 e. The summed E-state index contributed by atoms with van der Waals surface area (Å²) in [5.74, 6) is 0. The largest absolute Gasteiger partial charge is 0.388 e. The summed E-state index contributed by atoms with van der Waals surface area (Å²) in [7, 11) is -3.12. The molecule has 1 unspecified atom stereocenters. The Labute approximate surface area is 130 Å². The smallest absolute Gasteiger partial charge is 0.214 e.